The Morgan fingerprint density at radius 3 is 2.34 bits per heavy atom. The van der Waals surface area contributed by atoms with Gasteiger partial charge in [0.25, 0.3) is 5.91 Å². The van der Waals surface area contributed by atoms with E-state index in [1.165, 1.54) is 0 Å². The normalized spacial score (nSPS) is 11.6. The minimum atomic E-state index is -1.40. The van der Waals surface area contributed by atoms with Crippen molar-refractivity contribution in [1.29, 1.82) is 0 Å². The Balaban J connectivity index is 1.49. The Bertz CT molecular complexity index is 1870. The third-order valence-electron chi connectivity index (χ3n) is 8.27. The molecule has 1 amide bonds. The van der Waals surface area contributed by atoms with E-state index in [4.69, 9.17) is 9.47 Å². The molecule has 0 saturated heterocycles. The monoisotopic (exact) mass is 594 g/mol. The number of benzene rings is 4. The largest absolute Gasteiger partial charge is 0.512 e. The Labute approximate surface area is 256 Å². The van der Waals surface area contributed by atoms with Crippen molar-refractivity contribution in [3.63, 3.8) is 0 Å². The predicted molar refractivity (Wildman–Crippen MR) is 173 cm³/mol. The van der Waals surface area contributed by atoms with Crippen molar-refractivity contribution in [2.45, 2.75) is 53.0 Å². The molecule has 44 heavy (non-hydrogen) atoms. The highest BCUT2D eigenvalue weighted by Gasteiger charge is 2.24. The SMILES string of the molecule is Cc1c(C(=O)NC(C)(C)CO)cc(-c2cccc3c(CCCOc4cccc5ccccc45)c(OC(=O)O)[nH]c23)c(C)c1C. The van der Waals surface area contributed by atoms with E-state index in [0.29, 0.717) is 25.0 Å². The number of para-hydroxylation sites is 1. The number of rotatable bonds is 10. The predicted octanol–water partition coefficient (Wildman–Crippen LogP) is 7.48. The van der Waals surface area contributed by atoms with E-state index in [1.54, 1.807) is 13.8 Å². The standard InChI is InChI=1S/C36H38N2O6/c1-21-22(2)29(19-30(23(21)3)33(40)38-36(4,5)20-39)27-15-9-14-26-28(34(37-32(26)27)44-35(41)42)16-10-18-43-31-17-8-12-24-11-6-7-13-25(24)31/h6-9,11-15,17,19,37,39H,10,16,18,20H2,1-5H3,(H,38,40)(H,41,42). The van der Waals surface area contributed by atoms with Crippen molar-refractivity contribution in [2.75, 3.05) is 13.2 Å². The van der Waals surface area contributed by atoms with Crippen LogP contribution in [-0.2, 0) is 6.42 Å². The van der Waals surface area contributed by atoms with Gasteiger partial charge in [0.05, 0.1) is 24.3 Å². The molecule has 0 bridgehead atoms. The van der Waals surface area contributed by atoms with Gasteiger partial charge in [0.2, 0.25) is 5.88 Å². The molecule has 228 valence electrons. The van der Waals surface area contributed by atoms with Gasteiger partial charge in [-0.25, -0.2) is 4.79 Å². The maximum Gasteiger partial charge on any atom is 0.512 e. The van der Waals surface area contributed by atoms with Gasteiger partial charge in [-0.05, 0) is 87.2 Å². The van der Waals surface area contributed by atoms with Gasteiger partial charge in [0.15, 0.2) is 0 Å². The average molecular weight is 595 g/mol. The molecule has 4 N–H and O–H groups in total. The summed E-state index contributed by atoms with van der Waals surface area (Å²) >= 11 is 0. The van der Waals surface area contributed by atoms with Gasteiger partial charge in [-0.15, -0.1) is 0 Å². The number of aryl methyl sites for hydroxylation is 1. The molecule has 0 aliphatic carbocycles. The maximum absolute atomic E-state index is 13.3. The van der Waals surface area contributed by atoms with Crippen LogP contribution in [0.4, 0.5) is 4.79 Å². The molecule has 0 fully saturated rings. The van der Waals surface area contributed by atoms with E-state index in [1.807, 2.05) is 87.5 Å². The number of H-pyrrole nitrogens is 1. The molecule has 0 aliphatic heterocycles. The lowest BCUT2D eigenvalue weighted by Gasteiger charge is -2.25. The van der Waals surface area contributed by atoms with Crippen LogP contribution in [0.1, 0.15) is 52.9 Å². The Hall–Kier alpha value is -4.82. The Morgan fingerprint density at radius 1 is 0.886 bits per heavy atom. The number of carbonyl (C=O) groups is 2. The van der Waals surface area contributed by atoms with Crippen LogP contribution < -0.4 is 14.8 Å². The highest BCUT2D eigenvalue weighted by molar-refractivity contribution is 6.02. The summed E-state index contributed by atoms with van der Waals surface area (Å²) in [6, 6.07) is 21.7. The first kappa shape index (κ1) is 30.6. The summed E-state index contributed by atoms with van der Waals surface area (Å²) in [4.78, 5) is 28.2. The molecule has 0 radical (unpaired) electrons. The van der Waals surface area contributed by atoms with Crippen LogP contribution >= 0.6 is 0 Å². The van der Waals surface area contributed by atoms with Crippen LogP contribution in [0.2, 0.25) is 0 Å². The Kier molecular flexibility index (Phi) is 8.65. The van der Waals surface area contributed by atoms with Crippen LogP contribution in [0, 0.1) is 20.8 Å². The molecule has 1 heterocycles. The summed E-state index contributed by atoms with van der Waals surface area (Å²) in [5.41, 5.74) is 5.72. The number of ether oxygens (including phenoxy) is 2. The zero-order chi connectivity index (χ0) is 31.6. The van der Waals surface area contributed by atoms with Crippen LogP contribution in [0.25, 0.3) is 32.8 Å². The van der Waals surface area contributed by atoms with Crippen LogP contribution in [0.15, 0.2) is 66.7 Å². The summed E-state index contributed by atoms with van der Waals surface area (Å²) in [6.07, 6.45) is -0.254. The van der Waals surface area contributed by atoms with Gasteiger partial charge in [-0.3, -0.25) is 4.79 Å². The number of fused-ring (bicyclic) bond motifs is 2. The molecule has 0 atom stereocenters. The Morgan fingerprint density at radius 2 is 1.59 bits per heavy atom. The van der Waals surface area contributed by atoms with Gasteiger partial charge < -0.3 is 30.0 Å². The second kappa shape index (κ2) is 12.4. The van der Waals surface area contributed by atoms with Gasteiger partial charge >= 0.3 is 6.16 Å². The lowest BCUT2D eigenvalue weighted by Crippen LogP contribution is -2.46. The maximum atomic E-state index is 13.3. The fraction of sp³-hybridized carbons (Fsp3) is 0.278. The van der Waals surface area contributed by atoms with Gasteiger partial charge in [0.1, 0.15) is 5.75 Å². The quantitative estimate of drug-likeness (QED) is 0.0983. The summed E-state index contributed by atoms with van der Waals surface area (Å²) < 4.78 is 11.4. The molecule has 0 aliphatic rings. The molecule has 0 unspecified atom stereocenters. The fourth-order valence-electron chi connectivity index (χ4n) is 5.63. The summed E-state index contributed by atoms with van der Waals surface area (Å²) in [5, 5.41) is 25.1. The van der Waals surface area contributed by atoms with E-state index in [0.717, 1.165) is 60.8 Å². The number of amides is 1. The van der Waals surface area contributed by atoms with Crippen molar-refractivity contribution in [3.8, 4) is 22.8 Å². The molecule has 5 rings (SSSR count). The minimum Gasteiger partial charge on any atom is -0.493 e. The van der Waals surface area contributed by atoms with Gasteiger partial charge in [-0.2, -0.15) is 0 Å². The fourth-order valence-corrected chi connectivity index (χ4v) is 5.63. The molecule has 8 heteroatoms. The van der Waals surface area contributed by atoms with E-state index in [2.05, 4.69) is 10.3 Å². The molecular weight excluding hydrogens is 556 g/mol. The number of aromatic amines is 1. The molecule has 1 aromatic heterocycles. The van der Waals surface area contributed by atoms with Gasteiger partial charge in [-0.1, -0.05) is 54.6 Å². The molecule has 8 nitrogen and oxygen atoms in total. The zero-order valence-electron chi connectivity index (χ0n) is 25.7. The van der Waals surface area contributed by atoms with Crippen molar-refractivity contribution < 1.29 is 29.3 Å². The van der Waals surface area contributed by atoms with Crippen molar-refractivity contribution >= 4 is 33.7 Å². The second-order valence-electron chi connectivity index (χ2n) is 11.8. The van der Waals surface area contributed by atoms with Crippen LogP contribution in [0.5, 0.6) is 11.6 Å². The molecule has 0 saturated carbocycles. The highest BCUT2D eigenvalue weighted by atomic mass is 16.7. The number of aromatic nitrogens is 1. The number of hydrogen-bond acceptors (Lipinski definition) is 5. The number of aliphatic hydroxyl groups is 1. The number of aliphatic hydroxyl groups excluding tert-OH is 1. The first-order valence-electron chi connectivity index (χ1n) is 14.7. The lowest BCUT2D eigenvalue weighted by atomic mass is 9.89. The van der Waals surface area contributed by atoms with Crippen LogP contribution in [-0.4, -0.2) is 46.0 Å². The van der Waals surface area contributed by atoms with Crippen molar-refractivity contribution in [2.24, 2.45) is 0 Å². The third kappa shape index (κ3) is 6.12. The summed E-state index contributed by atoms with van der Waals surface area (Å²) in [5.74, 6) is 0.708. The van der Waals surface area contributed by atoms with Gasteiger partial charge in [0, 0.05) is 27.5 Å². The van der Waals surface area contributed by atoms with E-state index in [-0.39, 0.29) is 18.4 Å². The van der Waals surface area contributed by atoms with E-state index in [9.17, 15) is 19.8 Å². The molecular formula is C36H38N2O6. The summed E-state index contributed by atoms with van der Waals surface area (Å²) in [6.45, 7) is 9.68. The second-order valence-corrected chi connectivity index (χ2v) is 11.8. The van der Waals surface area contributed by atoms with Crippen LogP contribution in [0.3, 0.4) is 0 Å². The zero-order valence-corrected chi connectivity index (χ0v) is 25.7. The number of carbonyl (C=O) groups excluding carboxylic acids is 1. The molecule has 4 aromatic carbocycles. The van der Waals surface area contributed by atoms with E-state index >= 15 is 0 Å². The van der Waals surface area contributed by atoms with Crippen molar-refractivity contribution in [3.05, 3.63) is 94.5 Å². The number of nitrogens with one attached hydrogen (secondary N) is 2. The third-order valence-corrected chi connectivity index (χ3v) is 8.27. The first-order chi connectivity index (χ1) is 21.0. The van der Waals surface area contributed by atoms with E-state index < -0.39 is 11.7 Å². The topological polar surface area (TPSA) is 121 Å². The molecule has 0 spiro atoms. The lowest BCUT2D eigenvalue weighted by molar-refractivity contribution is 0.0868. The number of carboxylic acid groups (broad SMARTS) is 1. The number of hydrogen-bond donors (Lipinski definition) is 4. The average Bonchev–Trinajstić information content (AvgIpc) is 3.34. The summed E-state index contributed by atoms with van der Waals surface area (Å²) in [7, 11) is 0. The van der Waals surface area contributed by atoms with Crippen molar-refractivity contribution in [1.82, 2.24) is 10.3 Å². The minimum absolute atomic E-state index is 0.175. The molecule has 5 aromatic rings. The highest BCUT2D eigenvalue weighted by Crippen LogP contribution is 2.39. The smallest absolute Gasteiger partial charge is 0.493 e. The first-order valence-corrected chi connectivity index (χ1v) is 14.7.